The molecular weight excluding hydrogens is 226 g/mol. The molecule has 0 saturated carbocycles. The van der Waals surface area contributed by atoms with E-state index in [1.165, 1.54) is 0 Å². The molecule has 5 heteroatoms. The zero-order valence-corrected chi connectivity index (χ0v) is 10.3. The molecule has 0 radical (unpaired) electrons. The Balaban J connectivity index is 2.13. The minimum Gasteiger partial charge on any atom is -0.480 e. The van der Waals surface area contributed by atoms with Crippen molar-refractivity contribution in [3.8, 4) is 0 Å². The van der Waals surface area contributed by atoms with Gasteiger partial charge in [0.05, 0.1) is 5.25 Å². The van der Waals surface area contributed by atoms with E-state index < -0.39 is 11.5 Å². The molecule has 2 atom stereocenters. The van der Waals surface area contributed by atoms with Crippen LogP contribution in [0.15, 0.2) is 0 Å². The van der Waals surface area contributed by atoms with Gasteiger partial charge in [-0.2, -0.15) is 0 Å². The van der Waals surface area contributed by atoms with E-state index in [4.69, 9.17) is 0 Å². The number of likely N-dealkylation sites (tertiary alicyclic amines) is 1. The van der Waals surface area contributed by atoms with Gasteiger partial charge in [0.1, 0.15) is 5.54 Å². The highest BCUT2D eigenvalue weighted by Crippen LogP contribution is 2.34. The number of amides is 1. The van der Waals surface area contributed by atoms with Crippen molar-refractivity contribution in [1.29, 1.82) is 0 Å². The summed E-state index contributed by atoms with van der Waals surface area (Å²) in [5.41, 5.74) is -0.972. The lowest BCUT2D eigenvalue weighted by atomic mass is 9.99. The number of rotatable bonds is 2. The zero-order chi connectivity index (χ0) is 11.8. The van der Waals surface area contributed by atoms with Crippen molar-refractivity contribution in [3.63, 3.8) is 0 Å². The second-order valence-electron chi connectivity index (χ2n) is 4.67. The summed E-state index contributed by atoms with van der Waals surface area (Å²) in [6.07, 6.45) is 3.34. The summed E-state index contributed by atoms with van der Waals surface area (Å²) in [5, 5.41) is 9.23. The van der Waals surface area contributed by atoms with E-state index in [2.05, 4.69) is 0 Å². The second kappa shape index (κ2) is 4.28. The molecule has 2 aliphatic heterocycles. The second-order valence-corrected chi connectivity index (χ2v) is 5.98. The fourth-order valence-corrected chi connectivity index (χ4v) is 3.71. The van der Waals surface area contributed by atoms with Crippen molar-refractivity contribution in [2.24, 2.45) is 0 Å². The number of aliphatic carboxylic acids is 1. The van der Waals surface area contributed by atoms with Gasteiger partial charge < -0.3 is 10.0 Å². The Morgan fingerprint density at radius 3 is 2.75 bits per heavy atom. The molecule has 2 rings (SSSR count). The van der Waals surface area contributed by atoms with Gasteiger partial charge in [0, 0.05) is 6.54 Å². The Morgan fingerprint density at radius 1 is 1.44 bits per heavy atom. The lowest BCUT2D eigenvalue weighted by Gasteiger charge is -2.32. The molecule has 0 aliphatic carbocycles. The van der Waals surface area contributed by atoms with Gasteiger partial charge in [-0.25, -0.2) is 4.79 Å². The number of thioether (sulfide) groups is 1. The van der Waals surface area contributed by atoms with Crippen LogP contribution in [-0.4, -0.2) is 45.0 Å². The standard InChI is InChI=1S/C11H17NO3S/c1-11(10(14)15)5-3-6-12(11)9(13)8-4-2-7-16-8/h8H,2-7H2,1H3,(H,14,15). The monoisotopic (exact) mass is 243 g/mol. The van der Waals surface area contributed by atoms with Gasteiger partial charge in [-0.3, -0.25) is 4.79 Å². The van der Waals surface area contributed by atoms with Gasteiger partial charge in [-0.05, 0) is 38.4 Å². The molecule has 2 aliphatic rings. The average Bonchev–Trinajstić information content (AvgIpc) is 2.85. The Hall–Kier alpha value is -0.710. The predicted molar refractivity (Wildman–Crippen MR) is 62.5 cm³/mol. The van der Waals surface area contributed by atoms with E-state index in [1.807, 2.05) is 0 Å². The third kappa shape index (κ3) is 1.81. The number of carboxylic acid groups (broad SMARTS) is 1. The highest BCUT2D eigenvalue weighted by molar-refractivity contribution is 8.00. The Labute approximate surface area is 99.4 Å². The number of nitrogens with zero attached hydrogens (tertiary/aromatic N) is 1. The molecule has 4 nitrogen and oxygen atoms in total. The van der Waals surface area contributed by atoms with Gasteiger partial charge in [0.25, 0.3) is 0 Å². The number of carboxylic acids is 1. The molecule has 2 fully saturated rings. The summed E-state index contributed by atoms with van der Waals surface area (Å²) in [7, 11) is 0. The van der Waals surface area contributed by atoms with E-state index in [0.717, 1.165) is 25.0 Å². The van der Waals surface area contributed by atoms with Crippen LogP contribution in [0.25, 0.3) is 0 Å². The number of hydrogen-bond donors (Lipinski definition) is 1. The van der Waals surface area contributed by atoms with E-state index in [9.17, 15) is 14.7 Å². The molecular formula is C11H17NO3S. The van der Waals surface area contributed by atoms with Crippen molar-refractivity contribution in [1.82, 2.24) is 4.90 Å². The Bertz CT molecular complexity index is 314. The maximum Gasteiger partial charge on any atom is 0.329 e. The summed E-state index contributed by atoms with van der Waals surface area (Å²) in [6, 6.07) is 0. The topological polar surface area (TPSA) is 57.6 Å². The minimum absolute atomic E-state index is 0.00299. The summed E-state index contributed by atoms with van der Waals surface area (Å²) in [4.78, 5) is 25.0. The first-order valence-corrected chi connectivity index (χ1v) is 6.77. The average molecular weight is 243 g/mol. The SMILES string of the molecule is CC1(C(=O)O)CCCN1C(=O)C1CCCS1. The third-order valence-electron chi connectivity index (χ3n) is 3.57. The first-order valence-electron chi connectivity index (χ1n) is 5.72. The van der Waals surface area contributed by atoms with Gasteiger partial charge in [-0.1, -0.05) is 0 Å². The van der Waals surface area contributed by atoms with Crippen LogP contribution in [0.1, 0.15) is 32.6 Å². The summed E-state index contributed by atoms with van der Waals surface area (Å²) >= 11 is 1.67. The first kappa shape index (κ1) is 11.8. The maximum atomic E-state index is 12.2. The fourth-order valence-electron chi connectivity index (χ4n) is 2.49. The van der Waals surface area contributed by atoms with Crippen LogP contribution in [-0.2, 0) is 9.59 Å². The lowest BCUT2D eigenvalue weighted by Crippen LogP contribution is -2.53. The molecule has 0 aromatic rings. The van der Waals surface area contributed by atoms with Crippen LogP contribution < -0.4 is 0 Å². The highest BCUT2D eigenvalue weighted by atomic mass is 32.2. The largest absolute Gasteiger partial charge is 0.480 e. The van der Waals surface area contributed by atoms with Gasteiger partial charge >= 0.3 is 5.97 Å². The van der Waals surface area contributed by atoms with Crippen molar-refractivity contribution < 1.29 is 14.7 Å². The highest BCUT2D eigenvalue weighted by Gasteiger charge is 2.47. The number of carbonyl (C=O) groups excluding carboxylic acids is 1. The molecule has 2 heterocycles. The maximum absolute atomic E-state index is 12.2. The van der Waals surface area contributed by atoms with Crippen LogP contribution in [0.4, 0.5) is 0 Å². The van der Waals surface area contributed by atoms with Crippen LogP contribution in [0.5, 0.6) is 0 Å². The van der Waals surface area contributed by atoms with Gasteiger partial charge in [0.15, 0.2) is 0 Å². The van der Waals surface area contributed by atoms with Crippen LogP contribution in [0, 0.1) is 0 Å². The molecule has 0 spiro atoms. The Morgan fingerprint density at radius 2 is 2.19 bits per heavy atom. The molecule has 0 aromatic heterocycles. The van der Waals surface area contributed by atoms with Crippen LogP contribution in [0.3, 0.4) is 0 Å². The summed E-state index contributed by atoms with van der Waals surface area (Å²) < 4.78 is 0. The zero-order valence-electron chi connectivity index (χ0n) is 9.44. The molecule has 1 N–H and O–H groups in total. The number of hydrogen-bond acceptors (Lipinski definition) is 3. The molecule has 2 saturated heterocycles. The minimum atomic E-state index is -0.972. The van der Waals surface area contributed by atoms with E-state index in [1.54, 1.807) is 23.6 Å². The van der Waals surface area contributed by atoms with E-state index in [0.29, 0.717) is 13.0 Å². The third-order valence-corrected chi connectivity index (χ3v) is 4.94. The normalized spacial score (nSPS) is 34.3. The van der Waals surface area contributed by atoms with Crippen molar-refractivity contribution in [3.05, 3.63) is 0 Å². The smallest absolute Gasteiger partial charge is 0.329 e. The van der Waals surface area contributed by atoms with Crippen molar-refractivity contribution in [2.45, 2.75) is 43.4 Å². The molecule has 2 unspecified atom stereocenters. The van der Waals surface area contributed by atoms with E-state index in [-0.39, 0.29) is 11.2 Å². The van der Waals surface area contributed by atoms with Gasteiger partial charge in [-0.15, -0.1) is 11.8 Å². The summed E-state index contributed by atoms with van der Waals surface area (Å²) in [6.45, 7) is 2.26. The van der Waals surface area contributed by atoms with Crippen molar-refractivity contribution in [2.75, 3.05) is 12.3 Å². The van der Waals surface area contributed by atoms with Crippen molar-refractivity contribution >= 4 is 23.6 Å². The molecule has 1 amide bonds. The molecule has 0 bridgehead atoms. The lowest BCUT2D eigenvalue weighted by molar-refractivity contribution is -0.155. The molecule has 16 heavy (non-hydrogen) atoms. The molecule has 0 aromatic carbocycles. The molecule has 90 valence electrons. The fraction of sp³-hybridized carbons (Fsp3) is 0.818. The quantitative estimate of drug-likeness (QED) is 0.795. The van der Waals surface area contributed by atoms with Crippen LogP contribution >= 0.6 is 11.8 Å². The first-order chi connectivity index (χ1) is 7.55. The summed E-state index contributed by atoms with van der Waals surface area (Å²) in [5.74, 6) is 0.180. The van der Waals surface area contributed by atoms with E-state index >= 15 is 0 Å². The van der Waals surface area contributed by atoms with Gasteiger partial charge in [0.2, 0.25) is 5.91 Å². The van der Waals surface area contributed by atoms with Crippen LogP contribution in [0.2, 0.25) is 0 Å². The Kier molecular flexibility index (Phi) is 3.15. The number of carbonyl (C=O) groups is 2. The predicted octanol–water partition coefficient (Wildman–Crippen LogP) is 1.35.